The summed E-state index contributed by atoms with van der Waals surface area (Å²) in [6.07, 6.45) is 52.2. The van der Waals surface area contributed by atoms with Crippen molar-refractivity contribution in [3.8, 4) is 0 Å². The van der Waals surface area contributed by atoms with Gasteiger partial charge in [-0.15, -0.1) is 0 Å². The van der Waals surface area contributed by atoms with Crippen molar-refractivity contribution in [2.45, 2.75) is 264 Å². The number of phosphoric acid groups is 1. The minimum absolute atomic E-state index is 0.157. The number of rotatable bonds is 51. The number of esters is 3. The molecule has 0 aromatic heterocycles. The van der Waals surface area contributed by atoms with Gasteiger partial charge in [-0.3, -0.25) is 23.4 Å². The number of unbranched alkanes of at least 4 members (excludes halogenated alkanes) is 26. The summed E-state index contributed by atoms with van der Waals surface area (Å²) in [5, 5.41) is 9.76. The third-order valence-electron chi connectivity index (χ3n) is 11.7. The van der Waals surface area contributed by atoms with E-state index in [1.165, 1.54) is 83.5 Å². The van der Waals surface area contributed by atoms with Crippen LogP contribution in [0.5, 0.6) is 0 Å². The predicted octanol–water partition coefficient (Wildman–Crippen LogP) is 15.8. The zero-order chi connectivity index (χ0) is 49.9. The minimum atomic E-state index is -4.74. The van der Waals surface area contributed by atoms with Crippen LogP contribution in [0.1, 0.15) is 252 Å². The molecule has 0 saturated carbocycles. The average Bonchev–Trinajstić information content (AvgIpc) is 3.32. The topological polar surface area (TPSA) is 155 Å². The van der Waals surface area contributed by atoms with Crippen LogP contribution in [0.25, 0.3) is 0 Å². The Bertz CT molecular complexity index is 1330. The monoisotopic (exact) mass is 981 g/mol. The Kier molecular flexibility index (Phi) is 48.9. The second-order valence-electron chi connectivity index (χ2n) is 18.4. The second-order valence-corrected chi connectivity index (χ2v) is 19.8. The van der Waals surface area contributed by atoms with Gasteiger partial charge in [0.2, 0.25) is 0 Å². The number of aliphatic hydroxyl groups excluding tert-OH is 1. The molecule has 0 radical (unpaired) electrons. The normalized spacial score (nSPS) is 13.8. The van der Waals surface area contributed by atoms with E-state index in [9.17, 15) is 28.9 Å². The molecule has 2 N–H and O–H groups in total. The van der Waals surface area contributed by atoms with E-state index in [1.807, 2.05) is 0 Å². The summed E-state index contributed by atoms with van der Waals surface area (Å²) in [7, 11) is -4.74. The van der Waals surface area contributed by atoms with Crippen molar-refractivity contribution >= 4 is 25.7 Å². The summed E-state index contributed by atoms with van der Waals surface area (Å²) in [6.45, 7) is 4.49. The lowest BCUT2D eigenvalue weighted by molar-refractivity contribution is -0.161. The summed E-state index contributed by atoms with van der Waals surface area (Å²) in [4.78, 5) is 48.3. The van der Waals surface area contributed by atoms with Gasteiger partial charge in [0.15, 0.2) is 6.10 Å². The van der Waals surface area contributed by atoms with Crippen molar-refractivity contribution in [1.29, 1.82) is 0 Å². The highest BCUT2D eigenvalue weighted by molar-refractivity contribution is 7.47. The molecule has 0 saturated heterocycles. The van der Waals surface area contributed by atoms with Gasteiger partial charge in [-0.25, -0.2) is 4.57 Å². The van der Waals surface area contributed by atoms with Crippen molar-refractivity contribution in [2.75, 3.05) is 26.4 Å². The molecule has 3 unspecified atom stereocenters. The van der Waals surface area contributed by atoms with E-state index < -0.39 is 57.8 Å². The van der Waals surface area contributed by atoms with Gasteiger partial charge in [0.25, 0.3) is 0 Å². The number of hydrogen-bond donors (Lipinski definition) is 2. The second kappa shape index (κ2) is 50.8. The predicted molar refractivity (Wildman–Crippen MR) is 279 cm³/mol. The van der Waals surface area contributed by atoms with Crippen molar-refractivity contribution in [2.24, 2.45) is 0 Å². The summed E-state index contributed by atoms with van der Waals surface area (Å²) >= 11 is 0. The molecular weight excluding hydrogens is 880 g/mol. The summed E-state index contributed by atoms with van der Waals surface area (Å²) in [6, 6.07) is 0. The molecule has 0 aliphatic carbocycles. The summed E-state index contributed by atoms with van der Waals surface area (Å²) < 4.78 is 39.4. The van der Waals surface area contributed by atoms with Crippen molar-refractivity contribution < 1.29 is 52.2 Å². The van der Waals surface area contributed by atoms with Gasteiger partial charge in [-0.2, -0.15) is 0 Å². The highest BCUT2D eigenvalue weighted by Crippen LogP contribution is 2.43. The van der Waals surface area contributed by atoms with Gasteiger partial charge in [-0.1, -0.05) is 204 Å². The zero-order valence-electron chi connectivity index (χ0n) is 43.6. The zero-order valence-corrected chi connectivity index (χ0v) is 44.5. The Morgan fingerprint density at radius 2 is 0.765 bits per heavy atom. The van der Waals surface area contributed by atoms with E-state index in [-0.39, 0.29) is 25.9 Å². The molecule has 0 spiro atoms. The third-order valence-corrected chi connectivity index (χ3v) is 12.7. The van der Waals surface area contributed by atoms with Crippen LogP contribution >= 0.6 is 7.82 Å². The lowest BCUT2D eigenvalue weighted by Crippen LogP contribution is -2.30. The van der Waals surface area contributed by atoms with E-state index >= 15 is 0 Å². The standard InChI is InChI=1S/C56H101O11P/c1-4-7-10-13-16-19-21-23-25-26-28-29-31-34-36-39-42-45-54(58)63-49-53(67-56(60)47-44-41-38-35-32-30-27-24-22-20-17-14-11-8-5-2)51-65-68(61,62)64-50-52(48-57)66-55(59)46-43-40-37-33-18-15-12-9-6-3/h7,10,16,19,23-25,27,52-53,57H,4-6,8-9,11-15,17-18,20-22,26,28-51H2,1-3H3,(H,61,62)/b10-7-,19-16-,25-23-,27-24-. The first kappa shape index (κ1) is 65.4. The lowest BCUT2D eigenvalue weighted by atomic mass is 10.1. The number of ether oxygens (including phenoxy) is 3. The fraction of sp³-hybridized carbons (Fsp3) is 0.804. The Labute approximate surface area is 415 Å². The SMILES string of the molecule is CC/C=C\C/C=C\C/C=C\CCCCCCCCCC(=O)OCC(COP(=O)(O)OCC(CO)OC(=O)CCCCCCCCCCC)OC(=O)CCCCCCC/C=C\CCCCCCCC. The van der Waals surface area contributed by atoms with Crippen LogP contribution in [-0.4, -0.2) is 66.5 Å². The van der Waals surface area contributed by atoms with Crippen LogP contribution in [-0.2, 0) is 42.2 Å². The molecule has 68 heavy (non-hydrogen) atoms. The van der Waals surface area contributed by atoms with Crippen LogP contribution in [0.15, 0.2) is 48.6 Å². The highest BCUT2D eigenvalue weighted by atomic mass is 31.2. The average molecular weight is 981 g/mol. The molecule has 11 nitrogen and oxygen atoms in total. The van der Waals surface area contributed by atoms with E-state index in [2.05, 4.69) is 69.4 Å². The number of allylic oxidation sites excluding steroid dienone is 8. The highest BCUT2D eigenvalue weighted by Gasteiger charge is 2.28. The van der Waals surface area contributed by atoms with Crippen LogP contribution < -0.4 is 0 Å². The van der Waals surface area contributed by atoms with E-state index in [0.29, 0.717) is 19.3 Å². The largest absolute Gasteiger partial charge is 0.472 e. The molecule has 0 heterocycles. The van der Waals surface area contributed by atoms with Crippen molar-refractivity contribution in [3.05, 3.63) is 48.6 Å². The quantitative estimate of drug-likeness (QED) is 0.0197. The molecule has 0 rings (SSSR count). The Morgan fingerprint density at radius 3 is 1.19 bits per heavy atom. The van der Waals surface area contributed by atoms with Gasteiger partial charge in [-0.05, 0) is 77.0 Å². The number of hydrogen-bond acceptors (Lipinski definition) is 10. The Hall–Kier alpha value is -2.56. The summed E-state index contributed by atoms with van der Waals surface area (Å²) in [5.41, 5.74) is 0. The first-order chi connectivity index (χ1) is 33.2. The molecule has 0 bridgehead atoms. The fourth-order valence-corrected chi connectivity index (χ4v) is 8.33. The van der Waals surface area contributed by atoms with Crippen molar-refractivity contribution in [3.63, 3.8) is 0 Å². The van der Waals surface area contributed by atoms with Gasteiger partial charge < -0.3 is 24.2 Å². The Balaban J connectivity index is 4.74. The first-order valence-corrected chi connectivity index (χ1v) is 29.0. The molecular formula is C56H101O11P. The maximum atomic E-state index is 12.9. The minimum Gasteiger partial charge on any atom is -0.462 e. The maximum Gasteiger partial charge on any atom is 0.472 e. The third kappa shape index (κ3) is 48.5. The number of carbonyl (C=O) groups excluding carboxylic acids is 3. The molecule has 12 heteroatoms. The van der Waals surface area contributed by atoms with Crippen LogP contribution in [0.2, 0.25) is 0 Å². The van der Waals surface area contributed by atoms with Crippen LogP contribution in [0, 0.1) is 0 Å². The van der Waals surface area contributed by atoms with Crippen LogP contribution in [0.3, 0.4) is 0 Å². The first-order valence-electron chi connectivity index (χ1n) is 27.5. The maximum absolute atomic E-state index is 12.9. The molecule has 0 aliphatic rings. The molecule has 0 aliphatic heterocycles. The number of aliphatic hydroxyl groups is 1. The van der Waals surface area contributed by atoms with Gasteiger partial charge in [0.1, 0.15) is 12.7 Å². The Morgan fingerprint density at radius 1 is 0.426 bits per heavy atom. The van der Waals surface area contributed by atoms with Gasteiger partial charge >= 0.3 is 25.7 Å². The molecule has 3 atom stereocenters. The van der Waals surface area contributed by atoms with Crippen LogP contribution in [0.4, 0.5) is 0 Å². The van der Waals surface area contributed by atoms with E-state index in [4.69, 9.17) is 23.3 Å². The molecule has 0 fully saturated rings. The van der Waals surface area contributed by atoms with Crippen molar-refractivity contribution in [1.82, 2.24) is 0 Å². The lowest BCUT2D eigenvalue weighted by Gasteiger charge is -2.21. The number of phosphoric ester groups is 1. The van der Waals surface area contributed by atoms with Gasteiger partial charge in [0, 0.05) is 19.3 Å². The number of carbonyl (C=O) groups is 3. The molecule has 0 aromatic rings. The molecule has 0 aromatic carbocycles. The van der Waals surface area contributed by atoms with E-state index in [1.54, 1.807) is 0 Å². The van der Waals surface area contributed by atoms with Gasteiger partial charge in [0.05, 0.1) is 19.8 Å². The van der Waals surface area contributed by atoms with E-state index in [0.717, 1.165) is 109 Å². The summed E-state index contributed by atoms with van der Waals surface area (Å²) in [5.74, 6) is -1.48. The molecule has 396 valence electrons. The fourth-order valence-electron chi connectivity index (χ4n) is 7.54. The molecule has 0 amide bonds. The smallest absolute Gasteiger partial charge is 0.462 e.